The van der Waals surface area contributed by atoms with E-state index in [1.54, 1.807) is 6.07 Å². The molecule has 1 fully saturated rings. The average Bonchev–Trinajstić information content (AvgIpc) is 3.27. The molecule has 1 aliphatic carbocycles. The van der Waals surface area contributed by atoms with Gasteiger partial charge in [0.05, 0.1) is 16.8 Å². The highest BCUT2D eigenvalue weighted by Crippen LogP contribution is 2.40. The van der Waals surface area contributed by atoms with E-state index in [4.69, 9.17) is 0 Å². The number of benzene rings is 1. The SMILES string of the molecule is CN1C(=O)c2ccc(C(=O)Nc3nc(C4CC4)cs3)cc2C1=O. The highest BCUT2D eigenvalue weighted by Gasteiger charge is 2.33. The molecule has 23 heavy (non-hydrogen) atoms. The Balaban J connectivity index is 1.57. The van der Waals surface area contributed by atoms with Crippen molar-refractivity contribution in [1.82, 2.24) is 9.88 Å². The third-order valence-electron chi connectivity index (χ3n) is 4.09. The second kappa shape index (κ2) is 4.99. The number of hydrogen-bond donors (Lipinski definition) is 1. The summed E-state index contributed by atoms with van der Waals surface area (Å²) < 4.78 is 0. The summed E-state index contributed by atoms with van der Waals surface area (Å²) in [5.74, 6) is -0.522. The zero-order valence-corrected chi connectivity index (χ0v) is 13.1. The molecule has 1 aromatic carbocycles. The van der Waals surface area contributed by atoms with Crippen molar-refractivity contribution in [2.45, 2.75) is 18.8 Å². The first kappa shape index (κ1) is 14.1. The maximum Gasteiger partial charge on any atom is 0.261 e. The van der Waals surface area contributed by atoms with Crippen molar-refractivity contribution in [3.8, 4) is 0 Å². The van der Waals surface area contributed by atoms with Crippen LogP contribution in [-0.2, 0) is 0 Å². The Morgan fingerprint density at radius 1 is 1.26 bits per heavy atom. The van der Waals surface area contributed by atoms with E-state index in [-0.39, 0.29) is 23.3 Å². The molecule has 116 valence electrons. The van der Waals surface area contributed by atoms with Crippen molar-refractivity contribution >= 4 is 34.2 Å². The molecule has 2 aliphatic rings. The fraction of sp³-hybridized carbons (Fsp3) is 0.250. The quantitative estimate of drug-likeness (QED) is 0.879. The van der Waals surface area contributed by atoms with Crippen LogP contribution in [0.2, 0.25) is 0 Å². The van der Waals surface area contributed by atoms with E-state index < -0.39 is 0 Å². The number of imide groups is 1. The molecule has 0 spiro atoms. The first-order valence-electron chi connectivity index (χ1n) is 7.28. The minimum Gasteiger partial charge on any atom is -0.298 e. The normalized spacial score (nSPS) is 16.7. The molecule has 2 heterocycles. The molecule has 4 rings (SSSR count). The summed E-state index contributed by atoms with van der Waals surface area (Å²) in [5, 5.41) is 5.27. The molecule has 1 aliphatic heterocycles. The smallest absolute Gasteiger partial charge is 0.261 e. The van der Waals surface area contributed by atoms with E-state index in [0.717, 1.165) is 23.4 Å². The predicted molar refractivity (Wildman–Crippen MR) is 84.9 cm³/mol. The van der Waals surface area contributed by atoms with Gasteiger partial charge in [-0.3, -0.25) is 24.6 Å². The number of carbonyl (C=O) groups is 3. The number of amides is 3. The lowest BCUT2D eigenvalue weighted by Gasteiger charge is -2.03. The molecule has 0 unspecified atom stereocenters. The van der Waals surface area contributed by atoms with Gasteiger partial charge in [0.25, 0.3) is 17.7 Å². The molecule has 0 atom stereocenters. The summed E-state index contributed by atoms with van der Waals surface area (Å²) in [6, 6.07) is 4.53. The Labute approximate surface area is 136 Å². The molecule has 0 radical (unpaired) electrons. The Bertz CT molecular complexity index is 854. The molecular formula is C16H13N3O3S. The van der Waals surface area contributed by atoms with Gasteiger partial charge in [0.2, 0.25) is 0 Å². The van der Waals surface area contributed by atoms with E-state index in [1.807, 2.05) is 5.38 Å². The number of thiazole rings is 1. The number of hydrogen-bond acceptors (Lipinski definition) is 5. The molecule has 1 N–H and O–H groups in total. The fourth-order valence-corrected chi connectivity index (χ4v) is 3.37. The minimum atomic E-state index is -0.384. The second-order valence-electron chi connectivity index (χ2n) is 5.74. The Hall–Kier alpha value is -2.54. The molecular weight excluding hydrogens is 314 g/mol. The van der Waals surface area contributed by atoms with Crippen molar-refractivity contribution in [3.05, 3.63) is 46.0 Å². The van der Waals surface area contributed by atoms with Gasteiger partial charge in [0.15, 0.2) is 5.13 Å². The molecule has 2 aromatic rings. The molecule has 6 nitrogen and oxygen atoms in total. The van der Waals surface area contributed by atoms with Gasteiger partial charge in [-0.25, -0.2) is 4.98 Å². The summed E-state index contributed by atoms with van der Waals surface area (Å²) in [5.41, 5.74) is 1.97. The topological polar surface area (TPSA) is 79.4 Å². The lowest BCUT2D eigenvalue weighted by Crippen LogP contribution is -2.24. The van der Waals surface area contributed by atoms with Crippen LogP contribution in [0.5, 0.6) is 0 Å². The Morgan fingerprint density at radius 3 is 2.74 bits per heavy atom. The number of nitrogens with one attached hydrogen (secondary N) is 1. The predicted octanol–water partition coefficient (Wildman–Crippen LogP) is 2.50. The number of fused-ring (bicyclic) bond motifs is 1. The number of nitrogens with zero attached hydrogens (tertiary/aromatic N) is 2. The fourth-order valence-electron chi connectivity index (χ4n) is 2.58. The summed E-state index contributed by atoms with van der Waals surface area (Å²) in [7, 11) is 1.43. The van der Waals surface area contributed by atoms with Gasteiger partial charge in [-0.2, -0.15) is 0 Å². The third kappa shape index (κ3) is 2.33. The summed E-state index contributed by atoms with van der Waals surface area (Å²) >= 11 is 1.40. The van der Waals surface area contributed by atoms with Crippen LogP contribution < -0.4 is 5.32 Å². The largest absolute Gasteiger partial charge is 0.298 e. The zero-order chi connectivity index (χ0) is 16.1. The lowest BCUT2D eigenvalue weighted by atomic mass is 10.1. The molecule has 0 saturated heterocycles. The van der Waals surface area contributed by atoms with Crippen molar-refractivity contribution in [2.75, 3.05) is 12.4 Å². The van der Waals surface area contributed by atoms with Crippen LogP contribution in [0.4, 0.5) is 5.13 Å². The highest BCUT2D eigenvalue weighted by molar-refractivity contribution is 7.14. The molecule has 7 heteroatoms. The first-order chi connectivity index (χ1) is 11.0. The Kier molecular flexibility index (Phi) is 3.05. The lowest BCUT2D eigenvalue weighted by molar-refractivity contribution is 0.0693. The van der Waals surface area contributed by atoms with Crippen molar-refractivity contribution in [1.29, 1.82) is 0 Å². The van der Waals surface area contributed by atoms with Crippen LogP contribution in [0.25, 0.3) is 0 Å². The Morgan fingerprint density at radius 2 is 2.00 bits per heavy atom. The van der Waals surface area contributed by atoms with Gasteiger partial charge in [0, 0.05) is 23.9 Å². The second-order valence-corrected chi connectivity index (χ2v) is 6.59. The van der Waals surface area contributed by atoms with Crippen LogP contribution in [0.15, 0.2) is 23.6 Å². The standard InChI is InChI=1S/C16H13N3O3S/c1-19-14(21)10-5-4-9(6-11(10)15(19)22)13(20)18-16-17-12(7-23-16)8-2-3-8/h4-8H,2-3H2,1H3,(H,17,18,20). The van der Waals surface area contributed by atoms with Gasteiger partial charge in [-0.1, -0.05) is 0 Å². The van der Waals surface area contributed by atoms with E-state index in [2.05, 4.69) is 10.3 Å². The van der Waals surface area contributed by atoms with Crippen LogP contribution in [0.3, 0.4) is 0 Å². The van der Waals surface area contributed by atoms with Gasteiger partial charge < -0.3 is 0 Å². The van der Waals surface area contributed by atoms with Gasteiger partial charge in [-0.05, 0) is 31.0 Å². The van der Waals surface area contributed by atoms with Crippen LogP contribution in [0, 0.1) is 0 Å². The zero-order valence-electron chi connectivity index (χ0n) is 12.3. The average molecular weight is 327 g/mol. The summed E-state index contributed by atoms with van der Waals surface area (Å²) in [6.45, 7) is 0. The van der Waals surface area contributed by atoms with Gasteiger partial charge in [-0.15, -0.1) is 11.3 Å². The maximum absolute atomic E-state index is 12.3. The molecule has 3 amide bonds. The molecule has 1 saturated carbocycles. The van der Waals surface area contributed by atoms with Gasteiger partial charge >= 0.3 is 0 Å². The first-order valence-corrected chi connectivity index (χ1v) is 8.16. The van der Waals surface area contributed by atoms with Crippen LogP contribution >= 0.6 is 11.3 Å². The number of carbonyl (C=O) groups excluding carboxylic acids is 3. The monoisotopic (exact) mass is 327 g/mol. The minimum absolute atomic E-state index is 0.267. The third-order valence-corrected chi connectivity index (χ3v) is 4.87. The number of rotatable bonds is 3. The van der Waals surface area contributed by atoms with E-state index in [0.29, 0.717) is 22.2 Å². The van der Waals surface area contributed by atoms with Crippen molar-refractivity contribution < 1.29 is 14.4 Å². The van der Waals surface area contributed by atoms with E-state index >= 15 is 0 Å². The van der Waals surface area contributed by atoms with Gasteiger partial charge in [0.1, 0.15) is 0 Å². The van der Waals surface area contributed by atoms with Crippen molar-refractivity contribution in [2.24, 2.45) is 0 Å². The van der Waals surface area contributed by atoms with Crippen LogP contribution in [-0.4, -0.2) is 34.7 Å². The van der Waals surface area contributed by atoms with Crippen LogP contribution in [0.1, 0.15) is 55.5 Å². The number of anilines is 1. The molecule has 1 aromatic heterocycles. The molecule has 0 bridgehead atoms. The number of aromatic nitrogens is 1. The highest BCUT2D eigenvalue weighted by atomic mass is 32.1. The summed E-state index contributed by atoms with van der Waals surface area (Å²) in [6.07, 6.45) is 2.32. The van der Waals surface area contributed by atoms with Crippen molar-refractivity contribution in [3.63, 3.8) is 0 Å². The van der Waals surface area contributed by atoms with E-state index in [1.165, 1.54) is 30.5 Å². The maximum atomic E-state index is 12.3. The summed E-state index contributed by atoms with van der Waals surface area (Å²) in [4.78, 5) is 41.6. The van der Waals surface area contributed by atoms with E-state index in [9.17, 15) is 14.4 Å².